The van der Waals surface area contributed by atoms with Crippen LogP contribution >= 0.6 is 11.8 Å². The molecule has 1 spiro atoms. The number of nitrogens with zero attached hydrogens (tertiary/aromatic N) is 1. The lowest BCUT2D eigenvalue weighted by Crippen LogP contribution is -2.42. The topological polar surface area (TPSA) is 66.8 Å². The van der Waals surface area contributed by atoms with Gasteiger partial charge >= 0.3 is 0 Å². The van der Waals surface area contributed by atoms with Crippen LogP contribution in [0.2, 0.25) is 0 Å². The van der Waals surface area contributed by atoms with Gasteiger partial charge in [-0.05, 0) is 37.1 Å². The molecule has 2 aliphatic heterocycles. The minimum atomic E-state index is -0.888. The number of ether oxygens (including phenoxy) is 1. The Labute approximate surface area is 146 Å². The van der Waals surface area contributed by atoms with Crippen LogP contribution in [-0.2, 0) is 9.59 Å². The smallest absolute Gasteiger partial charge is 0.236 e. The molecule has 1 aromatic carbocycles. The van der Waals surface area contributed by atoms with Gasteiger partial charge in [0.25, 0.3) is 0 Å². The van der Waals surface area contributed by atoms with Gasteiger partial charge in [-0.25, -0.2) is 0 Å². The van der Waals surface area contributed by atoms with Crippen molar-refractivity contribution in [2.45, 2.75) is 32.8 Å². The van der Waals surface area contributed by atoms with Crippen molar-refractivity contribution in [1.29, 1.82) is 0 Å². The Morgan fingerprint density at radius 1 is 1.33 bits per heavy atom. The molecule has 0 aliphatic carbocycles. The molecule has 0 saturated carbocycles. The van der Waals surface area contributed by atoms with Crippen molar-refractivity contribution in [1.82, 2.24) is 4.90 Å². The zero-order valence-electron chi connectivity index (χ0n) is 14.1. The Hall–Kier alpha value is -1.53. The number of imide groups is 1. The number of carbonyl (C=O) groups excluding carboxylic acids is 2. The van der Waals surface area contributed by atoms with Crippen molar-refractivity contribution in [3.05, 3.63) is 29.3 Å². The molecular formula is C18H23NO4S. The SMILES string of the molecule is Cc1cccc(C)c1OC[C@H](O)CN1C(=O)C[C@]2(CCSC2)C1=O. The fraction of sp³-hybridized carbons (Fsp3) is 0.556. The highest BCUT2D eigenvalue weighted by molar-refractivity contribution is 7.99. The zero-order valence-corrected chi connectivity index (χ0v) is 14.9. The fourth-order valence-corrected chi connectivity index (χ4v) is 4.87. The minimum Gasteiger partial charge on any atom is -0.490 e. The van der Waals surface area contributed by atoms with Crippen LogP contribution in [0.25, 0.3) is 0 Å². The molecule has 1 aromatic rings. The van der Waals surface area contributed by atoms with E-state index >= 15 is 0 Å². The molecule has 2 fully saturated rings. The molecule has 1 N–H and O–H groups in total. The van der Waals surface area contributed by atoms with E-state index in [0.29, 0.717) is 5.75 Å². The number of carbonyl (C=O) groups is 2. The summed E-state index contributed by atoms with van der Waals surface area (Å²) >= 11 is 1.72. The van der Waals surface area contributed by atoms with E-state index in [-0.39, 0.29) is 31.4 Å². The Kier molecular flexibility index (Phi) is 4.88. The first-order valence-corrected chi connectivity index (χ1v) is 9.38. The lowest BCUT2D eigenvalue weighted by Gasteiger charge is -2.23. The Morgan fingerprint density at radius 2 is 2.04 bits per heavy atom. The summed E-state index contributed by atoms with van der Waals surface area (Å²) in [4.78, 5) is 26.0. The maximum absolute atomic E-state index is 12.6. The standard InChI is InChI=1S/C18H23NO4S/c1-12-4-3-5-13(2)16(12)23-10-14(20)9-19-15(21)8-18(17(19)22)6-7-24-11-18/h3-5,14,20H,6-11H2,1-2H3/t14-,18+/m1/s1. The lowest BCUT2D eigenvalue weighted by atomic mass is 9.86. The highest BCUT2D eigenvalue weighted by atomic mass is 32.2. The van der Waals surface area contributed by atoms with Gasteiger partial charge in [0.15, 0.2) is 0 Å². The van der Waals surface area contributed by atoms with E-state index in [1.165, 1.54) is 4.90 Å². The predicted molar refractivity (Wildman–Crippen MR) is 93.1 cm³/mol. The summed E-state index contributed by atoms with van der Waals surface area (Å²) < 4.78 is 5.72. The number of hydrogen-bond acceptors (Lipinski definition) is 5. The molecule has 2 saturated heterocycles. The number of para-hydroxylation sites is 1. The van der Waals surface area contributed by atoms with Gasteiger partial charge in [-0.15, -0.1) is 0 Å². The molecule has 3 rings (SSSR count). The zero-order chi connectivity index (χ0) is 17.3. The van der Waals surface area contributed by atoms with E-state index < -0.39 is 11.5 Å². The summed E-state index contributed by atoms with van der Waals surface area (Å²) in [6, 6.07) is 5.85. The summed E-state index contributed by atoms with van der Waals surface area (Å²) in [6.07, 6.45) is 0.151. The van der Waals surface area contributed by atoms with Crippen LogP contribution in [0.3, 0.4) is 0 Å². The van der Waals surface area contributed by atoms with Crippen molar-refractivity contribution in [2.75, 3.05) is 24.7 Å². The van der Waals surface area contributed by atoms with E-state index in [1.807, 2.05) is 32.0 Å². The van der Waals surface area contributed by atoms with E-state index in [2.05, 4.69) is 0 Å². The molecule has 0 radical (unpaired) electrons. The normalized spacial score (nSPS) is 24.9. The molecule has 0 bridgehead atoms. The molecule has 2 heterocycles. The molecule has 0 unspecified atom stereocenters. The first-order chi connectivity index (χ1) is 11.4. The van der Waals surface area contributed by atoms with E-state index in [1.54, 1.807) is 11.8 Å². The third kappa shape index (κ3) is 3.17. The number of thioether (sulfide) groups is 1. The number of β-amino-alcohol motifs (C(OH)–C–C–N with tert-alkyl or cyclic N) is 1. The van der Waals surface area contributed by atoms with Crippen molar-refractivity contribution in [3.63, 3.8) is 0 Å². The number of amides is 2. The third-order valence-corrected chi connectivity index (χ3v) is 6.06. The average Bonchev–Trinajstić information content (AvgIpc) is 3.08. The van der Waals surface area contributed by atoms with Crippen LogP contribution in [0, 0.1) is 19.3 Å². The Bertz CT molecular complexity index is 634. The predicted octanol–water partition coefficient (Wildman–Crippen LogP) is 1.93. The summed E-state index contributed by atoms with van der Waals surface area (Å²) in [7, 11) is 0. The molecule has 2 aliphatic rings. The van der Waals surface area contributed by atoms with Gasteiger partial charge in [0.1, 0.15) is 18.5 Å². The van der Waals surface area contributed by atoms with Crippen LogP contribution in [0.15, 0.2) is 18.2 Å². The van der Waals surface area contributed by atoms with Crippen LogP contribution in [-0.4, -0.2) is 52.6 Å². The number of benzene rings is 1. The first kappa shape index (κ1) is 17.3. The van der Waals surface area contributed by atoms with Gasteiger partial charge in [-0.3, -0.25) is 14.5 Å². The van der Waals surface area contributed by atoms with Crippen LogP contribution in [0.1, 0.15) is 24.0 Å². The molecule has 5 nitrogen and oxygen atoms in total. The quantitative estimate of drug-likeness (QED) is 0.823. The van der Waals surface area contributed by atoms with E-state index in [4.69, 9.17) is 4.74 Å². The molecule has 130 valence electrons. The van der Waals surface area contributed by atoms with Gasteiger partial charge in [0.2, 0.25) is 11.8 Å². The van der Waals surface area contributed by atoms with Gasteiger partial charge in [0, 0.05) is 12.2 Å². The van der Waals surface area contributed by atoms with E-state index in [0.717, 1.165) is 29.1 Å². The molecule has 2 amide bonds. The number of aryl methyl sites for hydroxylation is 2. The number of likely N-dealkylation sites (tertiary alicyclic amines) is 1. The monoisotopic (exact) mass is 349 g/mol. The summed E-state index contributed by atoms with van der Waals surface area (Å²) in [6.45, 7) is 3.97. The van der Waals surface area contributed by atoms with Crippen LogP contribution < -0.4 is 4.74 Å². The first-order valence-electron chi connectivity index (χ1n) is 8.22. The minimum absolute atomic E-state index is 0.00894. The summed E-state index contributed by atoms with van der Waals surface area (Å²) in [5, 5.41) is 10.2. The van der Waals surface area contributed by atoms with Crippen molar-refractivity contribution in [3.8, 4) is 5.75 Å². The number of hydrogen-bond donors (Lipinski definition) is 1. The van der Waals surface area contributed by atoms with E-state index in [9.17, 15) is 14.7 Å². The molecule has 0 aromatic heterocycles. The maximum Gasteiger partial charge on any atom is 0.236 e. The van der Waals surface area contributed by atoms with Crippen LogP contribution in [0.5, 0.6) is 5.75 Å². The Morgan fingerprint density at radius 3 is 2.67 bits per heavy atom. The molecule has 6 heteroatoms. The van der Waals surface area contributed by atoms with Gasteiger partial charge in [0.05, 0.1) is 12.0 Å². The highest BCUT2D eigenvalue weighted by Crippen LogP contribution is 2.44. The maximum atomic E-state index is 12.6. The second-order valence-electron chi connectivity index (χ2n) is 6.75. The average molecular weight is 349 g/mol. The largest absolute Gasteiger partial charge is 0.490 e. The molecule has 24 heavy (non-hydrogen) atoms. The Balaban J connectivity index is 1.60. The summed E-state index contributed by atoms with van der Waals surface area (Å²) in [5.41, 5.74) is 1.48. The molecular weight excluding hydrogens is 326 g/mol. The number of rotatable bonds is 5. The van der Waals surface area contributed by atoms with Gasteiger partial charge < -0.3 is 9.84 Å². The lowest BCUT2D eigenvalue weighted by molar-refractivity contribution is -0.142. The van der Waals surface area contributed by atoms with Crippen LogP contribution in [0.4, 0.5) is 0 Å². The fourth-order valence-electron chi connectivity index (χ4n) is 3.43. The van der Waals surface area contributed by atoms with Crippen molar-refractivity contribution in [2.24, 2.45) is 5.41 Å². The molecule has 2 atom stereocenters. The second kappa shape index (κ2) is 6.76. The van der Waals surface area contributed by atoms with Gasteiger partial charge in [-0.2, -0.15) is 11.8 Å². The number of aliphatic hydroxyl groups excluding tert-OH is 1. The van der Waals surface area contributed by atoms with Gasteiger partial charge in [-0.1, -0.05) is 18.2 Å². The number of aliphatic hydroxyl groups is 1. The highest BCUT2D eigenvalue weighted by Gasteiger charge is 2.53. The van der Waals surface area contributed by atoms with Crippen molar-refractivity contribution >= 4 is 23.6 Å². The van der Waals surface area contributed by atoms with Crippen molar-refractivity contribution < 1.29 is 19.4 Å². The summed E-state index contributed by atoms with van der Waals surface area (Å²) in [5.74, 6) is 2.09. The third-order valence-electron chi connectivity index (χ3n) is 4.81. The second-order valence-corrected chi connectivity index (χ2v) is 7.86.